The van der Waals surface area contributed by atoms with Crippen molar-refractivity contribution in [2.45, 2.75) is 57.4 Å². The van der Waals surface area contributed by atoms with Crippen LogP contribution in [0.5, 0.6) is 0 Å². The number of fused-ring (bicyclic) bond motifs is 1. The van der Waals surface area contributed by atoms with Gasteiger partial charge in [-0.1, -0.05) is 19.3 Å². The molecule has 3 rings (SSSR count). The van der Waals surface area contributed by atoms with E-state index in [-0.39, 0.29) is 17.7 Å². The van der Waals surface area contributed by atoms with Crippen molar-refractivity contribution in [2.24, 2.45) is 5.92 Å². The first-order chi connectivity index (χ1) is 11.0. The van der Waals surface area contributed by atoms with Crippen LogP contribution in [-0.4, -0.2) is 36.9 Å². The molecule has 0 spiro atoms. The van der Waals surface area contributed by atoms with Gasteiger partial charge in [-0.3, -0.25) is 9.59 Å². The minimum absolute atomic E-state index is 0.0626. The average molecular weight is 334 g/mol. The third-order valence-corrected chi connectivity index (χ3v) is 6.25. The quantitative estimate of drug-likeness (QED) is 0.924. The predicted molar refractivity (Wildman–Crippen MR) is 92.9 cm³/mol. The summed E-state index contributed by atoms with van der Waals surface area (Å²) in [4.78, 5) is 28.3. The molecule has 1 heterocycles. The second-order valence-corrected chi connectivity index (χ2v) is 8.18. The summed E-state index contributed by atoms with van der Waals surface area (Å²) >= 11 is 1.60. The molecule has 1 fully saturated rings. The van der Waals surface area contributed by atoms with Crippen molar-refractivity contribution in [3.63, 3.8) is 0 Å². The molecule has 0 aromatic carbocycles. The normalized spacial score (nSPS) is 21.6. The van der Waals surface area contributed by atoms with E-state index < -0.39 is 0 Å². The second-order valence-electron chi connectivity index (χ2n) is 7.04. The number of nitrogens with one attached hydrogen (secondary N) is 1. The van der Waals surface area contributed by atoms with Crippen LogP contribution >= 0.6 is 11.3 Å². The predicted octanol–water partition coefficient (Wildman–Crippen LogP) is 3.00. The Bertz CT molecular complexity index is 588. The number of amides is 2. The molecular weight excluding hydrogens is 308 g/mol. The standard InChI is InChI=1S/C18H26N2O2S/c1-20(2)18(22)16-11-13-10-12(8-9-15(13)23-16)17(21)19-14-6-4-3-5-7-14/h11-12,14H,3-10H2,1-2H3,(H,19,21)/t12-/m1/s1. The van der Waals surface area contributed by atoms with E-state index in [9.17, 15) is 9.59 Å². The number of hydrogen-bond donors (Lipinski definition) is 1. The molecule has 5 heteroatoms. The van der Waals surface area contributed by atoms with Crippen LogP contribution in [0.3, 0.4) is 0 Å². The van der Waals surface area contributed by atoms with Gasteiger partial charge in [0.25, 0.3) is 5.91 Å². The maximum Gasteiger partial charge on any atom is 0.263 e. The van der Waals surface area contributed by atoms with Gasteiger partial charge in [0.1, 0.15) is 0 Å². The summed E-state index contributed by atoms with van der Waals surface area (Å²) in [5.41, 5.74) is 1.20. The molecule has 1 aromatic rings. The third-order valence-electron chi connectivity index (χ3n) is 5.02. The van der Waals surface area contributed by atoms with E-state index in [4.69, 9.17) is 0 Å². The SMILES string of the molecule is CN(C)C(=O)c1cc2c(s1)CC[C@@H](C(=O)NC1CCCCC1)C2. The molecule has 0 radical (unpaired) electrons. The first-order valence-corrected chi connectivity index (χ1v) is 9.50. The number of carbonyl (C=O) groups is 2. The highest BCUT2D eigenvalue weighted by Gasteiger charge is 2.29. The summed E-state index contributed by atoms with van der Waals surface area (Å²) in [5.74, 6) is 0.350. The van der Waals surface area contributed by atoms with Crippen LogP contribution in [0.2, 0.25) is 0 Å². The topological polar surface area (TPSA) is 49.4 Å². The highest BCUT2D eigenvalue weighted by atomic mass is 32.1. The maximum atomic E-state index is 12.5. The molecule has 1 N–H and O–H groups in total. The average Bonchev–Trinajstić information content (AvgIpc) is 2.97. The van der Waals surface area contributed by atoms with Gasteiger partial charge < -0.3 is 10.2 Å². The lowest BCUT2D eigenvalue weighted by Crippen LogP contribution is -2.41. The van der Waals surface area contributed by atoms with Crippen molar-refractivity contribution >= 4 is 23.2 Å². The highest BCUT2D eigenvalue weighted by Crippen LogP contribution is 2.33. The van der Waals surface area contributed by atoms with Crippen LogP contribution in [-0.2, 0) is 17.6 Å². The van der Waals surface area contributed by atoms with Crippen LogP contribution in [0.1, 0.15) is 58.6 Å². The molecule has 1 saturated carbocycles. The fourth-order valence-corrected chi connectivity index (χ4v) is 4.87. The molecule has 0 aliphatic heterocycles. The van der Waals surface area contributed by atoms with Crippen molar-refractivity contribution in [2.75, 3.05) is 14.1 Å². The highest BCUT2D eigenvalue weighted by molar-refractivity contribution is 7.14. The number of rotatable bonds is 3. The van der Waals surface area contributed by atoms with E-state index in [0.717, 1.165) is 37.0 Å². The number of carbonyl (C=O) groups excluding carboxylic acids is 2. The summed E-state index contributed by atoms with van der Waals surface area (Å²) in [6.45, 7) is 0. The zero-order chi connectivity index (χ0) is 16.4. The van der Waals surface area contributed by atoms with Crippen LogP contribution in [0, 0.1) is 5.92 Å². The van der Waals surface area contributed by atoms with Crippen LogP contribution < -0.4 is 5.32 Å². The summed E-state index contributed by atoms with van der Waals surface area (Å²) in [6.07, 6.45) is 8.64. The molecule has 126 valence electrons. The zero-order valence-corrected chi connectivity index (χ0v) is 14.9. The van der Waals surface area contributed by atoms with E-state index in [2.05, 4.69) is 5.32 Å². The Morgan fingerprint density at radius 3 is 2.61 bits per heavy atom. The fourth-order valence-electron chi connectivity index (χ4n) is 3.64. The lowest BCUT2D eigenvalue weighted by Gasteiger charge is -2.27. The van der Waals surface area contributed by atoms with Gasteiger partial charge in [0, 0.05) is 30.9 Å². The molecule has 0 bridgehead atoms. The summed E-state index contributed by atoms with van der Waals surface area (Å²) < 4.78 is 0. The zero-order valence-electron chi connectivity index (χ0n) is 14.1. The smallest absolute Gasteiger partial charge is 0.263 e. The Kier molecular flexibility index (Phi) is 5.05. The van der Waals surface area contributed by atoms with E-state index in [1.165, 1.54) is 29.7 Å². The van der Waals surface area contributed by atoms with E-state index >= 15 is 0 Å². The van der Waals surface area contributed by atoms with Crippen molar-refractivity contribution in [1.82, 2.24) is 10.2 Å². The minimum Gasteiger partial charge on any atom is -0.353 e. The Morgan fingerprint density at radius 2 is 1.91 bits per heavy atom. The van der Waals surface area contributed by atoms with Gasteiger partial charge in [0.15, 0.2) is 0 Å². The summed E-state index contributed by atoms with van der Waals surface area (Å²) in [5, 5.41) is 3.26. The molecular formula is C18H26N2O2S. The molecule has 0 saturated heterocycles. The Balaban J connectivity index is 1.63. The van der Waals surface area contributed by atoms with Gasteiger partial charge >= 0.3 is 0 Å². The Morgan fingerprint density at radius 1 is 1.17 bits per heavy atom. The molecule has 1 atom stereocenters. The number of thiophene rings is 1. The second kappa shape index (κ2) is 7.04. The lowest BCUT2D eigenvalue weighted by atomic mass is 9.87. The number of aryl methyl sites for hydroxylation is 1. The van der Waals surface area contributed by atoms with Gasteiger partial charge in [-0.15, -0.1) is 11.3 Å². The van der Waals surface area contributed by atoms with Gasteiger partial charge in [0.2, 0.25) is 5.91 Å². The van der Waals surface area contributed by atoms with Gasteiger partial charge in [-0.25, -0.2) is 0 Å². The van der Waals surface area contributed by atoms with Crippen molar-refractivity contribution in [3.8, 4) is 0 Å². The van der Waals surface area contributed by atoms with Gasteiger partial charge in [-0.05, 0) is 43.7 Å². The summed E-state index contributed by atoms with van der Waals surface area (Å²) in [6, 6.07) is 2.38. The first-order valence-electron chi connectivity index (χ1n) is 8.68. The minimum atomic E-state index is 0.0626. The Hall–Kier alpha value is -1.36. The fraction of sp³-hybridized carbons (Fsp3) is 0.667. The molecule has 1 aromatic heterocycles. The Labute approximate surface area is 142 Å². The van der Waals surface area contributed by atoms with Crippen molar-refractivity contribution in [3.05, 3.63) is 21.4 Å². The van der Waals surface area contributed by atoms with Crippen LogP contribution in [0.25, 0.3) is 0 Å². The van der Waals surface area contributed by atoms with E-state index in [0.29, 0.717) is 6.04 Å². The van der Waals surface area contributed by atoms with Crippen molar-refractivity contribution < 1.29 is 9.59 Å². The van der Waals surface area contributed by atoms with E-state index in [1.54, 1.807) is 30.3 Å². The van der Waals surface area contributed by atoms with Crippen LogP contribution in [0.15, 0.2) is 6.07 Å². The first kappa shape index (κ1) is 16.5. The lowest BCUT2D eigenvalue weighted by molar-refractivity contribution is -0.126. The van der Waals surface area contributed by atoms with E-state index in [1.807, 2.05) is 6.07 Å². The summed E-state index contributed by atoms with van der Waals surface area (Å²) in [7, 11) is 3.56. The van der Waals surface area contributed by atoms with Gasteiger partial charge in [0.05, 0.1) is 4.88 Å². The number of hydrogen-bond acceptors (Lipinski definition) is 3. The van der Waals surface area contributed by atoms with Crippen LogP contribution in [0.4, 0.5) is 0 Å². The molecule has 23 heavy (non-hydrogen) atoms. The number of nitrogens with zero attached hydrogens (tertiary/aromatic N) is 1. The van der Waals surface area contributed by atoms with Crippen molar-refractivity contribution in [1.29, 1.82) is 0 Å². The molecule has 2 aliphatic carbocycles. The maximum absolute atomic E-state index is 12.5. The molecule has 2 amide bonds. The molecule has 0 unspecified atom stereocenters. The largest absolute Gasteiger partial charge is 0.353 e. The molecule has 4 nitrogen and oxygen atoms in total. The van der Waals surface area contributed by atoms with Gasteiger partial charge in [-0.2, -0.15) is 0 Å². The monoisotopic (exact) mass is 334 g/mol. The third kappa shape index (κ3) is 3.77. The molecule has 2 aliphatic rings.